The SMILES string of the molecule is Cc1nc(N2CCSC(C)C2)ncc1CNC(C)(C)C. The van der Waals surface area contributed by atoms with Gasteiger partial charge in [0.15, 0.2) is 0 Å². The van der Waals surface area contributed by atoms with Crippen molar-refractivity contribution in [2.45, 2.75) is 52.0 Å². The molecule has 1 unspecified atom stereocenters. The molecule has 1 aromatic heterocycles. The molecule has 1 N–H and O–H groups in total. The number of hydrogen-bond donors (Lipinski definition) is 1. The third-order valence-corrected chi connectivity index (χ3v) is 4.54. The molecule has 2 rings (SSSR count). The summed E-state index contributed by atoms with van der Waals surface area (Å²) in [5.41, 5.74) is 2.38. The Morgan fingerprint density at radius 3 is 2.80 bits per heavy atom. The van der Waals surface area contributed by atoms with Crippen LogP contribution in [0, 0.1) is 6.92 Å². The molecule has 4 nitrogen and oxygen atoms in total. The molecule has 5 heteroatoms. The van der Waals surface area contributed by atoms with Gasteiger partial charge in [-0.2, -0.15) is 11.8 Å². The summed E-state index contributed by atoms with van der Waals surface area (Å²) in [5, 5.41) is 4.15. The second-order valence-electron chi connectivity index (χ2n) is 6.51. The summed E-state index contributed by atoms with van der Waals surface area (Å²) in [6, 6.07) is 0. The van der Waals surface area contributed by atoms with E-state index in [4.69, 9.17) is 4.98 Å². The molecule has 112 valence electrons. The van der Waals surface area contributed by atoms with Crippen LogP contribution < -0.4 is 10.2 Å². The summed E-state index contributed by atoms with van der Waals surface area (Å²) in [6.45, 7) is 13.8. The van der Waals surface area contributed by atoms with Crippen molar-refractivity contribution in [3.8, 4) is 0 Å². The van der Waals surface area contributed by atoms with E-state index < -0.39 is 0 Å². The van der Waals surface area contributed by atoms with Crippen molar-refractivity contribution in [1.82, 2.24) is 15.3 Å². The monoisotopic (exact) mass is 294 g/mol. The highest BCUT2D eigenvalue weighted by molar-refractivity contribution is 8.00. The lowest BCUT2D eigenvalue weighted by Gasteiger charge is -2.30. The van der Waals surface area contributed by atoms with Crippen LogP contribution in [0.2, 0.25) is 0 Å². The number of nitrogens with one attached hydrogen (secondary N) is 1. The first kappa shape index (κ1) is 15.6. The van der Waals surface area contributed by atoms with Gasteiger partial charge in [-0.05, 0) is 27.7 Å². The fraction of sp³-hybridized carbons (Fsp3) is 0.733. The van der Waals surface area contributed by atoms with Crippen LogP contribution >= 0.6 is 11.8 Å². The maximum Gasteiger partial charge on any atom is 0.225 e. The summed E-state index contributed by atoms with van der Waals surface area (Å²) in [7, 11) is 0. The molecule has 2 heterocycles. The molecular formula is C15H26N4S. The van der Waals surface area contributed by atoms with Crippen molar-refractivity contribution in [3.63, 3.8) is 0 Å². The number of hydrogen-bond acceptors (Lipinski definition) is 5. The highest BCUT2D eigenvalue weighted by Crippen LogP contribution is 2.21. The summed E-state index contributed by atoms with van der Waals surface area (Å²) in [5.74, 6) is 2.05. The van der Waals surface area contributed by atoms with Gasteiger partial charge in [-0.1, -0.05) is 6.92 Å². The second-order valence-corrected chi connectivity index (χ2v) is 8.06. The van der Waals surface area contributed by atoms with Gasteiger partial charge in [-0.3, -0.25) is 0 Å². The van der Waals surface area contributed by atoms with E-state index in [0.29, 0.717) is 5.25 Å². The Kier molecular flexibility index (Phi) is 4.91. The summed E-state index contributed by atoms with van der Waals surface area (Å²) < 4.78 is 0. The van der Waals surface area contributed by atoms with E-state index in [1.165, 1.54) is 5.56 Å². The number of aryl methyl sites for hydroxylation is 1. The highest BCUT2D eigenvalue weighted by Gasteiger charge is 2.19. The van der Waals surface area contributed by atoms with E-state index in [1.54, 1.807) is 0 Å². The normalized spacial score (nSPS) is 20.2. The molecule has 0 radical (unpaired) electrons. The maximum absolute atomic E-state index is 4.70. The van der Waals surface area contributed by atoms with E-state index in [0.717, 1.165) is 37.0 Å². The van der Waals surface area contributed by atoms with E-state index >= 15 is 0 Å². The second kappa shape index (κ2) is 6.31. The quantitative estimate of drug-likeness (QED) is 0.928. The molecule has 1 saturated heterocycles. The van der Waals surface area contributed by atoms with Crippen LogP contribution in [0.1, 0.15) is 39.0 Å². The summed E-state index contributed by atoms with van der Waals surface area (Å²) in [4.78, 5) is 11.6. The minimum Gasteiger partial charge on any atom is -0.339 e. The maximum atomic E-state index is 4.70. The van der Waals surface area contributed by atoms with Crippen LogP contribution in [-0.2, 0) is 6.54 Å². The fourth-order valence-corrected chi connectivity index (χ4v) is 3.18. The van der Waals surface area contributed by atoms with E-state index in [2.05, 4.69) is 49.8 Å². The third-order valence-electron chi connectivity index (χ3n) is 3.40. The molecule has 1 fully saturated rings. The molecule has 1 aliphatic rings. The van der Waals surface area contributed by atoms with Crippen LogP contribution in [0.4, 0.5) is 5.95 Å². The average Bonchev–Trinajstić information content (AvgIpc) is 2.36. The van der Waals surface area contributed by atoms with Gasteiger partial charge in [0.1, 0.15) is 0 Å². The molecule has 0 amide bonds. The topological polar surface area (TPSA) is 41.1 Å². The van der Waals surface area contributed by atoms with Gasteiger partial charge >= 0.3 is 0 Å². The molecule has 0 bridgehead atoms. The molecule has 0 saturated carbocycles. The van der Waals surface area contributed by atoms with Crippen LogP contribution in [0.5, 0.6) is 0 Å². The predicted molar refractivity (Wildman–Crippen MR) is 87.5 cm³/mol. The summed E-state index contributed by atoms with van der Waals surface area (Å²) in [6.07, 6.45) is 1.98. The molecule has 0 aromatic carbocycles. The zero-order chi connectivity index (χ0) is 14.8. The largest absolute Gasteiger partial charge is 0.339 e. The molecule has 1 atom stereocenters. The van der Waals surface area contributed by atoms with Gasteiger partial charge in [0.25, 0.3) is 0 Å². The number of aromatic nitrogens is 2. The van der Waals surface area contributed by atoms with E-state index in [-0.39, 0.29) is 5.54 Å². The van der Waals surface area contributed by atoms with Crippen LogP contribution in [0.25, 0.3) is 0 Å². The zero-order valence-corrected chi connectivity index (χ0v) is 14.0. The third kappa shape index (κ3) is 4.35. The standard InChI is InChI=1S/C15H26N4S/c1-11-10-19(6-7-20-11)14-16-8-13(12(2)18-14)9-17-15(3,4)5/h8,11,17H,6-7,9-10H2,1-5H3. The Bertz CT molecular complexity index is 456. The minimum atomic E-state index is 0.116. The lowest BCUT2D eigenvalue weighted by Crippen LogP contribution is -2.38. The Balaban J connectivity index is 2.05. The Morgan fingerprint density at radius 1 is 1.45 bits per heavy atom. The van der Waals surface area contributed by atoms with Gasteiger partial charge < -0.3 is 10.2 Å². The first-order chi connectivity index (χ1) is 9.35. The van der Waals surface area contributed by atoms with Gasteiger partial charge in [-0.15, -0.1) is 0 Å². The van der Waals surface area contributed by atoms with Crippen molar-refractivity contribution < 1.29 is 0 Å². The number of nitrogens with zero attached hydrogens (tertiary/aromatic N) is 3. The number of thioether (sulfide) groups is 1. The molecule has 1 aromatic rings. The van der Waals surface area contributed by atoms with Crippen molar-refractivity contribution in [1.29, 1.82) is 0 Å². The van der Waals surface area contributed by atoms with Crippen molar-refractivity contribution >= 4 is 17.7 Å². The first-order valence-electron chi connectivity index (χ1n) is 7.29. The van der Waals surface area contributed by atoms with Crippen molar-refractivity contribution in [3.05, 3.63) is 17.5 Å². The number of anilines is 1. The predicted octanol–water partition coefficient (Wildman–Crippen LogP) is 2.61. The minimum absolute atomic E-state index is 0.116. The highest BCUT2D eigenvalue weighted by atomic mass is 32.2. The molecule has 1 aliphatic heterocycles. The number of rotatable bonds is 3. The van der Waals surface area contributed by atoms with Crippen LogP contribution in [0.15, 0.2) is 6.20 Å². The van der Waals surface area contributed by atoms with Crippen molar-refractivity contribution in [2.24, 2.45) is 0 Å². The van der Waals surface area contributed by atoms with E-state index in [9.17, 15) is 0 Å². The average molecular weight is 294 g/mol. The van der Waals surface area contributed by atoms with Gasteiger partial charge in [-0.25, -0.2) is 9.97 Å². The molecule has 0 spiro atoms. The molecule has 0 aliphatic carbocycles. The van der Waals surface area contributed by atoms with Gasteiger partial charge in [0, 0.05) is 53.6 Å². The smallest absolute Gasteiger partial charge is 0.225 e. The Morgan fingerprint density at radius 2 is 2.20 bits per heavy atom. The lowest BCUT2D eigenvalue weighted by molar-refractivity contribution is 0.423. The lowest BCUT2D eigenvalue weighted by atomic mass is 10.1. The Labute approximate surface area is 126 Å². The molecule has 20 heavy (non-hydrogen) atoms. The first-order valence-corrected chi connectivity index (χ1v) is 8.34. The summed E-state index contributed by atoms with van der Waals surface area (Å²) >= 11 is 2.03. The van der Waals surface area contributed by atoms with Gasteiger partial charge in [0.2, 0.25) is 5.95 Å². The van der Waals surface area contributed by atoms with Crippen LogP contribution in [-0.4, -0.2) is 39.6 Å². The zero-order valence-electron chi connectivity index (χ0n) is 13.2. The van der Waals surface area contributed by atoms with Crippen molar-refractivity contribution in [2.75, 3.05) is 23.7 Å². The fourth-order valence-electron chi connectivity index (χ4n) is 2.17. The van der Waals surface area contributed by atoms with Gasteiger partial charge in [0.05, 0.1) is 0 Å². The Hall–Kier alpha value is -0.810. The van der Waals surface area contributed by atoms with Crippen LogP contribution in [0.3, 0.4) is 0 Å². The molecular weight excluding hydrogens is 268 g/mol. The van der Waals surface area contributed by atoms with E-state index in [1.807, 2.05) is 18.0 Å².